The van der Waals surface area contributed by atoms with Gasteiger partial charge in [0.05, 0.1) is 36.9 Å². The Morgan fingerprint density at radius 2 is 1.58 bits per heavy atom. The Hall–Kier alpha value is -2.30. The number of ether oxygens (including phenoxy) is 8. The first kappa shape index (κ1) is 47.7. The van der Waals surface area contributed by atoms with Gasteiger partial charge < -0.3 is 53.2 Å². The number of rotatable bonds is 12. The van der Waals surface area contributed by atoms with Gasteiger partial charge in [0, 0.05) is 57.2 Å². The fourth-order valence-electron chi connectivity index (χ4n) is 12.4. The van der Waals surface area contributed by atoms with E-state index in [-0.39, 0.29) is 90.6 Å². The lowest BCUT2D eigenvalue weighted by Gasteiger charge is -2.48. The fourth-order valence-corrected chi connectivity index (χ4v) is 12.4. The van der Waals surface area contributed by atoms with Gasteiger partial charge in [-0.25, -0.2) is 0 Å². The first-order valence-electron chi connectivity index (χ1n) is 23.6. The summed E-state index contributed by atoms with van der Waals surface area (Å²) in [4.78, 5) is 31.3. The number of fused-ring (bicyclic) bond motifs is 5. The van der Waals surface area contributed by atoms with Crippen LogP contribution in [0.15, 0.2) is 42.0 Å². The van der Waals surface area contributed by atoms with E-state index in [1.807, 2.05) is 39.0 Å². The number of esters is 1. The van der Waals surface area contributed by atoms with Gasteiger partial charge in [-0.1, -0.05) is 50.3 Å². The molecule has 13 nitrogen and oxygen atoms in total. The summed E-state index contributed by atoms with van der Waals surface area (Å²) in [6.45, 7) is 10.2. The summed E-state index contributed by atoms with van der Waals surface area (Å²) < 4.78 is 50.4. The molecule has 4 unspecified atom stereocenters. The van der Waals surface area contributed by atoms with E-state index < -0.39 is 42.7 Å². The van der Waals surface area contributed by atoms with Crippen molar-refractivity contribution in [2.24, 2.45) is 35.5 Å². The highest BCUT2D eigenvalue weighted by molar-refractivity contribution is 5.99. The molecule has 20 atom stereocenters. The molecule has 7 rings (SSSR count). The molecule has 13 heteroatoms. The molecule has 6 aliphatic rings. The number of Topliss-reactive ketones (excluding diaryl/α,β-unsaturated/α-hetero) is 1. The standard InChI is InChI=1S/C49H76N2O11/c1-11-31-18-15-19-39(62-41-21-20-38(51(6)7)28(4)58-41)26(2)44(53)37-24-34-33-22-32(61-49-48(57-10)47(56-9)46(55-8)29(5)59-49)23-36(33)43(50-27(3)30-16-13-12-14-17-30)45(54)42(34)35(37)25-40(52)60-31/h12-14,16-17,24,26-29,31-36,38-39,41-43,45-50,54H,11,15,18-23,25H2,1-10H3/t26-,27-,28?,29?,31+,32+,33+,34+,35-,36-,38+,39+,41+,42-,43+,45+,46+,47?,48?,49+/m1/s1. The second-order valence-electron chi connectivity index (χ2n) is 19.4. The number of hydrogen-bond donors (Lipinski definition) is 2. The number of aliphatic hydroxyl groups is 1. The summed E-state index contributed by atoms with van der Waals surface area (Å²) in [5.41, 5.74) is 1.73. The smallest absolute Gasteiger partial charge is 0.306 e. The van der Waals surface area contributed by atoms with Gasteiger partial charge in [0.2, 0.25) is 0 Å². The van der Waals surface area contributed by atoms with Gasteiger partial charge in [-0.05, 0) is 115 Å². The number of nitrogens with zero attached hydrogens (tertiary/aromatic N) is 1. The van der Waals surface area contributed by atoms with Crippen LogP contribution in [0.3, 0.4) is 0 Å². The number of benzene rings is 1. The zero-order chi connectivity index (χ0) is 44.4. The van der Waals surface area contributed by atoms with Crippen molar-refractivity contribution in [3.05, 3.63) is 47.5 Å². The summed E-state index contributed by atoms with van der Waals surface area (Å²) in [6, 6.07) is 10.1. The molecule has 3 heterocycles. The van der Waals surface area contributed by atoms with Crippen molar-refractivity contribution in [1.29, 1.82) is 0 Å². The number of aliphatic hydroxyl groups excluding tert-OH is 1. The molecule has 0 aromatic heterocycles. The Bertz CT molecular complexity index is 1660. The maximum absolute atomic E-state index is 15.1. The van der Waals surface area contributed by atoms with E-state index in [1.54, 1.807) is 21.3 Å². The van der Waals surface area contributed by atoms with Crippen molar-refractivity contribution in [2.45, 2.75) is 178 Å². The van der Waals surface area contributed by atoms with Gasteiger partial charge in [-0.2, -0.15) is 0 Å². The Kier molecular flexibility index (Phi) is 16.1. The number of methoxy groups -OCH3 is 3. The average Bonchev–Trinajstić information content (AvgIpc) is 3.85. The first-order valence-corrected chi connectivity index (χ1v) is 23.6. The number of cyclic esters (lactones) is 1. The lowest BCUT2D eigenvalue weighted by atomic mass is 9.62. The zero-order valence-corrected chi connectivity index (χ0v) is 38.9. The minimum atomic E-state index is -0.859. The molecule has 3 aliphatic heterocycles. The van der Waals surface area contributed by atoms with Crippen molar-refractivity contribution >= 4 is 11.8 Å². The topological polar surface area (TPSA) is 143 Å². The average molecular weight is 869 g/mol. The molecule has 1 aromatic carbocycles. The van der Waals surface area contributed by atoms with E-state index in [0.717, 1.165) is 24.8 Å². The zero-order valence-electron chi connectivity index (χ0n) is 38.9. The summed E-state index contributed by atoms with van der Waals surface area (Å²) >= 11 is 0. The number of carbonyl (C=O) groups excluding carboxylic acids is 2. The van der Waals surface area contributed by atoms with Gasteiger partial charge in [-0.15, -0.1) is 0 Å². The van der Waals surface area contributed by atoms with E-state index in [0.29, 0.717) is 43.7 Å². The number of ketones is 1. The largest absolute Gasteiger partial charge is 0.462 e. The lowest BCUT2D eigenvalue weighted by molar-refractivity contribution is -0.314. The number of nitrogens with one attached hydrogen (secondary N) is 1. The molecule has 3 aliphatic carbocycles. The van der Waals surface area contributed by atoms with E-state index in [9.17, 15) is 9.90 Å². The molecule has 2 saturated carbocycles. The monoisotopic (exact) mass is 869 g/mol. The van der Waals surface area contributed by atoms with Crippen LogP contribution in [0.1, 0.15) is 104 Å². The molecule has 1 aromatic rings. The van der Waals surface area contributed by atoms with Crippen LogP contribution in [0.5, 0.6) is 0 Å². The Morgan fingerprint density at radius 1 is 0.871 bits per heavy atom. The molecule has 5 fully saturated rings. The van der Waals surface area contributed by atoms with Crippen molar-refractivity contribution in [1.82, 2.24) is 10.2 Å². The SMILES string of the molecule is CC[C@H]1CCC[C@H](O[C@H]2CC[C@H](N(C)C)C(C)O2)[C@@H](C)C(=O)C2=C[C@H]3[C@@H]4C[C@H](O[C@@H]5OC(C)[C@H](OC)C(OC)C5OC)C[C@H]4[C@H](N[C@H](C)c4ccccc4)[C@@H](O)[C@H]3[C@@H]2CC(=O)O1. The van der Waals surface area contributed by atoms with Crippen LogP contribution < -0.4 is 5.32 Å². The van der Waals surface area contributed by atoms with Crippen molar-refractivity contribution in [3.63, 3.8) is 0 Å². The lowest BCUT2D eigenvalue weighted by Crippen LogP contribution is -2.59. The van der Waals surface area contributed by atoms with Crippen molar-refractivity contribution < 1.29 is 52.6 Å². The highest BCUT2D eigenvalue weighted by Crippen LogP contribution is 2.57. The number of likely N-dealkylation sites (N-methyl/N-ethyl adjacent to an activating group) is 1. The molecule has 0 amide bonds. The van der Waals surface area contributed by atoms with Crippen LogP contribution >= 0.6 is 0 Å². The summed E-state index contributed by atoms with van der Waals surface area (Å²) in [5, 5.41) is 16.7. The van der Waals surface area contributed by atoms with Gasteiger partial charge in [0.15, 0.2) is 18.4 Å². The molecule has 0 spiro atoms. The van der Waals surface area contributed by atoms with Crippen LogP contribution in [-0.4, -0.2) is 137 Å². The predicted molar refractivity (Wildman–Crippen MR) is 233 cm³/mol. The molecule has 2 N–H and O–H groups in total. The van der Waals surface area contributed by atoms with Gasteiger partial charge in [0.1, 0.15) is 24.4 Å². The highest BCUT2D eigenvalue weighted by atomic mass is 16.7. The fraction of sp³-hybridized carbons (Fsp3) is 0.796. The predicted octanol–water partition coefficient (Wildman–Crippen LogP) is 6.01. The first-order chi connectivity index (χ1) is 29.8. The molecule has 0 radical (unpaired) electrons. The Balaban J connectivity index is 1.20. The molecular weight excluding hydrogens is 793 g/mol. The molecule has 62 heavy (non-hydrogen) atoms. The quantitative estimate of drug-likeness (QED) is 0.237. The van der Waals surface area contributed by atoms with E-state index >= 15 is 4.79 Å². The van der Waals surface area contributed by atoms with Gasteiger partial charge >= 0.3 is 5.97 Å². The highest BCUT2D eigenvalue weighted by Gasteiger charge is 2.60. The van der Waals surface area contributed by atoms with Crippen LogP contribution in [0.25, 0.3) is 0 Å². The van der Waals surface area contributed by atoms with Crippen molar-refractivity contribution in [3.8, 4) is 0 Å². The maximum atomic E-state index is 15.1. The molecule has 3 saturated heterocycles. The van der Waals surface area contributed by atoms with Crippen LogP contribution in [0, 0.1) is 35.5 Å². The Morgan fingerprint density at radius 3 is 2.24 bits per heavy atom. The Labute approximate surface area is 370 Å². The van der Waals surface area contributed by atoms with Crippen LogP contribution in [0.2, 0.25) is 0 Å². The van der Waals surface area contributed by atoms with E-state index in [1.165, 1.54) is 0 Å². The second kappa shape index (κ2) is 20.9. The summed E-state index contributed by atoms with van der Waals surface area (Å²) in [5.74, 6) is -1.84. The summed E-state index contributed by atoms with van der Waals surface area (Å²) in [7, 11) is 9.09. The van der Waals surface area contributed by atoms with Crippen LogP contribution in [-0.2, 0) is 47.5 Å². The molecule has 0 bridgehead atoms. The summed E-state index contributed by atoms with van der Waals surface area (Å²) in [6.07, 6.45) is 3.62. The third-order valence-corrected chi connectivity index (χ3v) is 15.6. The van der Waals surface area contributed by atoms with Crippen molar-refractivity contribution in [2.75, 3.05) is 35.4 Å². The number of carbonyl (C=O) groups is 2. The third kappa shape index (κ3) is 9.93. The minimum absolute atomic E-state index is 0.00385. The molecule has 348 valence electrons. The van der Waals surface area contributed by atoms with E-state index in [2.05, 4.69) is 56.4 Å². The number of hydrogen-bond acceptors (Lipinski definition) is 13. The molecular formula is C49H76N2O11. The third-order valence-electron chi connectivity index (χ3n) is 15.6. The van der Waals surface area contributed by atoms with Gasteiger partial charge in [0.25, 0.3) is 0 Å². The normalized spacial score (nSPS) is 43.4. The second-order valence-corrected chi connectivity index (χ2v) is 19.4. The maximum Gasteiger partial charge on any atom is 0.306 e. The van der Waals surface area contributed by atoms with E-state index in [4.69, 9.17) is 37.9 Å². The van der Waals surface area contributed by atoms with Crippen LogP contribution in [0.4, 0.5) is 0 Å². The minimum Gasteiger partial charge on any atom is -0.462 e. The number of allylic oxidation sites excluding steroid dienone is 2. The van der Waals surface area contributed by atoms with Gasteiger partial charge in [-0.3, -0.25) is 9.59 Å².